The van der Waals surface area contributed by atoms with Crippen molar-refractivity contribution in [2.24, 2.45) is 28.7 Å². The second-order valence-corrected chi connectivity index (χ2v) is 9.15. The van der Waals surface area contributed by atoms with E-state index in [4.69, 9.17) is 0 Å². The Hall–Kier alpha value is -1.21. The molecule has 3 N–H and O–H groups in total. The summed E-state index contributed by atoms with van der Waals surface area (Å²) >= 11 is 0. The molecule has 2 amide bonds. The average Bonchev–Trinajstić information content (AvgIpc) is 3.33. The first-order valence-corrected chi connectivity index (χ1v) is 11.0. The van der Waals surface area contributed by atoms with Crippen LogP contribution in [-0.2, 0) is 19.6 Å². The molecule has 0 radical (unpaired) electrons. The fourth-order valence-electron chi connectivity index (χ4n) is 4.18. The maximum absolute atomic E-state index is 12.6. The first-order valence-electron chi connectivity index (χ1n) is 9.33. The van der Waals surface area contributed by atoms with Gasteiger partial charge in [-0.25, -0.2) is 13.1 Å². The van der Waals surface area contributed by atoms with Gasteiger partial charge in [0.25, 0.3) is 0 Å². The Morgan fingerprint density at radius 1 is 1.11 bits per heavy atom. The van der Waals surface area contributed by atoms with Gasteiger partial charge in [0.1, 0.15) is 0 Å². The van der Waals surface area contributed by atoms with Gasteiger partial charge in [0.2, 0.25) is 21.8 Å². The average molecular weight is 525 g/mol. The van der Waals surface area contributed by atoms with Crippen LogP contribution in [0.3, 0.4) is 0 Å². The van der Waals surface area contributed by atoms with E-state index in [1.807, 2.05) is 0 Å². The third-order valence-electron chi connectivity index (χ3n) is 5.53. The minimum atomic E-state index is -3.21. The van der Waals surface area contributed by atoms with Gasteiger partial charge in [-0.2, -0.15) is 0 Å². The number of guanidine groups is 1. The molecule has 2 fully saturated rings. The van der Waals surface area contributed by atoms with Gasteiger partial charge in [0.15, 0.2) is 5.96 Å². The van der Waals surface area contributed by atoms with E-state index in [2.05, 4.69) is 32.5 Å². The third-order valence-corrected chi connectivity index (χ3v) is 6.94. The first kappa shape index (κ1) is 23.1. The van der Waals surface area contributed by atoms with Crippen LogP contribution >= 0.6 is 24.0 Å². The van der Waals surface area contributed by atoms with Gasteiger partial charge in [-0.05, 0) is 25.2 Å². The van der Waals surface area contributed by atoms with Crippen LogP contribution in [0.2, 0.25) is 0 Å². The van der Waals surface area contributed by atoms with Crippen molar-refractivity contribution < 1.29 is 18.0 Å². The summed E-state index contributed by atoms with van der Waals surface area (Å²) in [6.45, 7) is 2.89. The van der Waals surface area contributed by atoms with Crippen LogP contribution in [0, 0.1) is 23.7 Å². The van der Waals surface area contributed by atoms with Crippen molar-refractivity contribution in [1.29, 1.82) is 0 Å². The molecular weight excluding hydrogens is 497 g/mol. The number of nitrogens with zero attached hydrogens (tertiary/aromatic N) is 2. The highest BCUT2D eigenvalue weighted by molar-refractivity contribution is 14.0. The molecule has 0 aromatic rings. The van der Waals surface area contributed by atoms with Crippen LogP contribution < -0.4 is 15.4 Å². The molecule has 2 bridgehead atoms. The van der Waals surface area contributed by atoms with Crippen molar-refractivity contribution in [3.8, 4) is 0 Å². The van der Waals surface area contributed by atoms with Crippen LogP contribution in [0.25, 0.3) is 0 Å². The molecule has 4 atom stereocenters. The lowest BCUT2D eigenvalue weighted by molar-refractivity contribution is -0.140. The van der Waals surface area contributed by atoms with Gasteiger partial charge in [-0.3, -0.25) is 19.5 Å². The lowest BCUT2D eigenvalue weighted by Gasteiger charge is -2.18. The van der Waals surface area contributed by atoms with Crippen molar-refractivity contribution in [2.75, 3.05) is 39.0 Å². The molecule has 28 heavy (non-hydrogen) atoms. The van der Waals surface area contributed by atoms with E-state index in [-0.39, 0.29) is 71.8 Å². The number of halogens is 1. The highest BCUT2D eigenvalue weighted by Crippen LogP contribution is 2.52. The fourth-order valence-corrected chi connectivity index (χ4v) is 4.80. The highest BCUT2D eigenvalue weighted by Gasteiger charge is 2.58. The number of rotatable bonds is 8. The Balaban J connectivity index is 0.00000280. The number of fused-ring (bicyclic) bond motifs is 5. The summed E-state index contributed by atoms with van der Waals surface area (Å²) < 4.78 is 25.2. The SMILES string of the molecule is CCS(=O)(=O)NCCNC(=NC)NCCN1C(=O)C2C3C=CC(C3)C2C1=O.I. The number of imide groups is 1. The predicted molar refractivity (Wildman–Crippen MR) is 117 cm³/mol. The van der Waals surface area contributed by atoms with Gasteiger partial charge in [0, 0.05) is 33.2 Å². The molecule has 158 valence electrons. The Morgan fingerprint density at radius 2 is 1.68 bits per heavy atom. The largest absolute Gasteiger partial charge is 0.355 e. The molecule has 2 aliphatic carbocycles. The number of hydrogen-bond donors (Lipinski definition) is 3. The number of nitrogens with one attached hydrogen (secondary N) is 3. The summed E-state index contributed by atoms with van der Waals surface area (Å²) in [6.07, 6.45) is 5.09. The van der Waals surface area contributed by atoms with Gasteiger partial charge in [0.05, 0.1) is 17.6 Å². The van der Waals surface area contributed by atoms with Crippen molar-refractivity contribution in [3.05, 3.63) is 12.2 Å². The minimum Gasteiger partial charge on any atom is -0.355 e. The minimum absolute atomic E-state index is 0. The number of likely N-dealkylation sites (tertiary alicyclic amines) is 1. The van der Waals surface area contributed by atoms with Crippen LogP contribution in [-0.4, -0.2) is 70.1 Å². The number of carbonyl (C=O) groups is 2. The number of amides is 2. The van der Waals surface area contributed by atoms with E-state index in [0.717, 1.165) is 6.42 Å². The van der Waals surface area contributed by atoms with E-state index >= 15 is 0 Å². The number of sulfonamides is 1. The maximum Gasteiger partial charge on any atom is 0.233 e. The summed E-state index contributed by atoms with van der Waals surface area (Å²) in [6, 6.07) is 0. The Kier molecular flexibility index (Phi) is 7.85. The third kappa shape index (κ3) is 4.67. The van der Waals surface area contributed by atoms with Gasteiger partial charge >= 0.3 is 0 Å². The van der Waals surface area contributed by atoms with Crippen LogP contribution in [0.15, 0.2) is 17.1 Å². The van der Waals surface area contributed by atoms with Crippen LogP contribution in [0.1, 0.15) is 13.3 Å². The predicted octanol–water partition coefficient (Wildman–Crippen LogP) is -0.484. The van der Waals surface area contributed by atoms with Crippen LogP contribution in [0.4, 0.5) is 0 Å². The monoisotopic (exact) mass is 525 g/mol. The van der Waals surface area contributed by atoms with E-state index in [1.165, 1.54) is 4.90 Å². The fraction of sp³-hybridized carbons (Fsp3) is 0.706. The first-order chi connectivity index (χ1) is 12.9. The quantitative estimate of drug-likeness (QED) is 0.0984. The van der Waals surface area contributed by atoms with E-state index in [0.29, 0.717) is 25.6 Å². The summed E-state index contributed by atoms with van der Waals surface area (Å²) in [4.78, 5) is 30.6. The molecule has 1 aliphatic heterocycles. The van der Waals surface area contributed by atoms with E-state index in [1.54, 1.807) is 14.0 Å². The van der Waals surface area contributed by atoms with Crippen molar-refractivity contribution in [3.63, 3.8) is 0 Å². The molecule has 9 nitrogen and oxygen atoms in total. The molecule has 4 unspecified atom stereocenters. The second kappa shape index (κ2) is 9.53. The van der Waals surface area contributed by atoms with Gasteiger partial charge < -0.3 is 10.6 Å². The molecule has 11 heteroatoms. The summed E-state index contributed by atoms with van der Waals surface area (Å²) in [7, 11) is -1.61. The highest BCUT2D eigenvalue weighted by atomic mass is 127. The van der Waals surface area contributed by atoms with Gasteiger partial charge in [-0.15, -0.1) is 24.0 Å². The van der Waals surface area contributed by atoms with E-state index < -0.39 is 10.0 Å². The summed E-state index contributed by atoms with van der Waals surface area (Å²) in [5.41, 5.74) is 0. The Morgan fingerprint density at radius 3 is 2.21 bits per heavy atom. The second-order valence-electron chi connectivity index (χ2n) is 7.05. The molecule has 3 rings (SSSR count). The van der Waals surface area contributed by atoms with Crippen molar-refractivity contribution >= 4 is 51.8 Å². The number of aliphatic imine (C=N–C) groups is 1. The lowest BCUT2D eigenvalue weighted by atomic mass is 9.85. The summed E-state index contributed by atoms with van der Waals surface area (Å²) in [5, 5.41) is 6.04. The summed E-state index contributed by atoms with van der Waals surface area (Å²) in [5.74, 6) is 0.518. The number of hydrogen-bond acceptors (Lipinski definition) is 5. The standard InChI is InChI=1S/C17H27N5O4S.HI/c1-3-27(25,26)21-7-6-19-17(18-2)20-8-9-22-15(23)13-11-4-5-12(10-11)14(13)16(22)24;/h4-5,11-14,21H,3,6-10H2,1-2H3,(H2,18,19,20);1H. The van der Waals surface area contributed by atoms with Crippen molar-refractivity contribution in [2.45, 2.75) is 13.3 Å². The Labute approximate surface area is 182 Å². The molecule has 0 aromatic heterocycles. The molecular formula is C17H28IN5O4S. The van der Waals surface area contributed by atoms with E-state index in [9.17, 15) is 18.0 Å². The normalized spacial score (nSPS) is 28.5. The maximum atomic E-state index is 12.6. The Bertz CT molecular complexity index is 740. The zero-order valence-electron chi connectivity index (χ0n) is 16.1. The number of allylic oxidation sites excluding steroid dienone is 2. The smallest absolute Gasteiger partial charge is 0.233 e. The molecule has 3 aliphatic rings. The van der Waals surface area contributed by atoms with Crippen molar-refractivity contribution in [1.82, 2.24) is 20.3 Å². The zero-order chi connectivity index (χ0) is 19.6. The van der Waals surface area contributed by atoms with Gasteiger partial charge in [-0.1, -0.05) is 12.2 Å². The number of carbonyl (C=O) groups excluding carboxylic acids is 2. The molecule has 1 saturated heterocycles. The van der Waals surface area contributed by atoms with Crippen LogP contribution in [0.5, 0.6) is 0 Å². The molecule has 0 spiro atoms. The topological polar surface area (TPSA) is 120 Å². The molecule has 1 heterocycles. The zero-order valence-corrected chi connectivity index (χ0v) is 19.2. The molecule has 0 aromatic carbocycles. The lowest BCUT2D eigenvalue weighted by Crippen LogP contribution is -2.45. The molecule has 1 saturated carbocycles.